The van der Waals surface area contributed by atoms with Crippen molar-refractivity contribution < 1.29 is 36.2 Å². The second-order valence-corrected chi connectivity index (χ2v) is 6.55. The third kappa shape index (κ3) is 3.14. The van der Waals surface area contributed by atoms with E-state index < -0.39 is 57.8 Å². The van der Waals surface area contributed by atoms with E-state index in [0.29, 0.717) is 0 Å². The minimum absolute atomic E-state index is 0.574. The normalized spacial score (nSPS) is 31.9. The smallest absolute Gasteiger partial charge is 0.390 e. The van der Waals surface area contributed by atoms with Crippen molar-refractivity contribution in [1.29, 1.82) is 0 Å². The van der Waals surface area contributed by atoms with Crippen LogP contribution >= 0.6 is 0 Å². The third-order valence-electron chi connectivity index (χ3n) is 3.02. The van der Waals surface area contributed by atoms with Crippen LogP contribution in [0, 0.1) is 5.41 Å². The lowest BCUT2D eigenvalue weighted by Gasteiger charge is -2.38. The number of sulfone groups is 1. The molecule has 0 bridgehead atoms. The van der Waals surface area contributed by atoms with Gasteiger partial charge < -0.3 is 9.84 Å². The molecular formula is C9H13F3O5S. The highest BCUT2D eigenvalue weighted by Crippen LogP contribution is 2.43. The van der Waals surface area contributed by atoms with Crippen LogP contribution in [0.3, 0.4) is 0 Å². The van der Waals surface area contributed by atoms with Crippen LogP contribution < -0.4 is 0 Å². The van der Waals surface area contributed by atoms with Crippen molar-refractivity contribution in [2.45, 2.75) is 25.1 Å². The van der Waals surface area contributed by atoms with Crippen molar-refractivity contribution in [1.82, 2.24) is 0 Å². The monoisotopic (exact) mass is 290 g/mol. The summed E-state index contributed by atoms with van der Waals surface area (Å²) in [5, 5.41) is 9.64. The fourth-order valence-electron chi connectivity index (χ4n) is 2.07. The first-order chi connectivity index (χ1) is 8.02. The number of carbonyl (C=O) groups excluding carboxylic acids is 1. The molecule has 0 aromatic carbocycles. The number of hydrogen-bond acceptors (Lipinski definition) is 5. The lowest BCUT2D eigenvalue weighted by molar-refractivity contribution is -0.194. The molecule has 18 heavy (non-hydrogen) atoms. The highest BCUT2D eigenvalue weighted by molar-refractivity contribution is 7.91. The Hall–Kier alpha value is -0.830. The van der Waals surface area contributed by atoms with Crippen LogP contribution in [0.4, 0.5) is 13.2 Å². The molecule has 0 amide bonds. The fraction of sp³-hybridized carbons (Fsp3) is 0.889. The molecule has 2 unspecified atom stereocenters. The zero-order chi connectivity index (χ0) is 14.2. The Labute approximate surface area is 102 Å². The molecule has 106 valence electrons. The average Bonchev–Trinajstić information content (AvgIpc) is 2.19. The van der Waals surface area contributed by atoms with Crippen LogP contribution in [0.25, 0.3) is 0 Å². The minimum Gasteiger partial charge on any atom is -0.469 e. The predicted octanol–water partition coefficient (Wildman–Crippen LogP) is 0.278. The third-order valence-corrected chi connectivity index (χ3v) is 4.67. The summed E-state index contributed by atoms with van der Waals surface area (Å²) < 4.78 is 64.2. The number of rotatable bonds is 2. The van der Waals surface area contributed by atoms with Gasteiger partial charge in [0.05, 0.1) is 31.1 Å². The molecule has 0 aromatic rings. The van der Waals surface area contributed by atoms with E-state index >= 15 is 0 Å². The van der Waals surface area contributed by atoms with E-state index in [9.17, 15) is 31.5 Å². The summed E-state index contributed by atoms with van der Waals surface area (Å²) >= 11 is 0. The zero-order valence-corrected chi connectivity index (χ0v) is 10.3. The predicted molar refractivity (Wildman–Crippen MR) is 54.4 cm³/mol. The SMILES string of the molecule is COC(=O)C1(CC(F)(F)F)CCS(=O)(=O)CC1O. The van der Waals surface area contributed by atoms with Crippen molar-refractivity contribution in [3.05, 3.63) is 0 Å². The lowest BCUT2D eigenvalue weighted by atomic mass is 9.76. The minimum atomic E-state index is -4.70. The van der Waals surface area contributed by atoms with Crippen LogP contribution in [0.1, 0.15) is 12.8 Å². The molecule has 2 atom stereocenters. The van der Waals surface area contributed by atoms with Gasteiger partial charge in [0.1, 0.15) is 5.41 Å². The van der Waals surface area contributed by atoms with E-state index in [2.05, 4.69) is 4.74 Å². The topological polar surface area (TPSA) is 80.7 Å². The van der Waals surface area contributed by atoms with Crippen molar-refractivity contribution in [3.63, 3.8) is 0 Å². The highest BCUT2D eigenvalue weighted by atomic mass is 32.2. The molecule has 0 aliphatic carbocycles. The van der Waals surface area contributed by atoms with Gasteiger partial charge in [-0.25, -0.2) is 8.42 Å². The van der Waals surface area contributed by atoms with Gasteiger partial charge in [0, 0.05) is 0 Å². The van der Waals surface area contributed by atoms with Crippen molar-refractivity contribution in [3.8, 4) is 0 Å². The molecule has 1 aliphatic heterocycles. The first kappa shape index (κ1) is 15.2. The van der Waals surface area contributed by atoms with E-state index in [4.69, 9.17) is 0 Å². The summed E-state index contributed by atoms with van der Waals surface area (Å²) in [6.45, 7) is 0. The van der Waals surface area contributed by atoms with Crippen LogP contribution in [-0.2, 0) is 19.4 Å². The number of aliphatic hydroxyl groups is 1. The van der Waals surface area contributed by atoms with E-state index in [1.807, 2.05) is 0 Å². The number of esters is 1. The Morgan fingerprint density at radius 3 is 2.44 bits per heavy atom. The molecular weight excluding hydrogens is 277 g/mol. The molecule has 5 nitrogen and oxygen atoms in total. The molecule has 0 spiro atoms. The number of methoxy groups -OCH3 is 1. The number of hydrogen-bond donors (Lipinski definition) is 1. The lowest BCUT2D eigenvalue weighted by Crippen LogP contribution is -2.53. The molecule has 9 heteroatoms. The molecule has 1 heterocycles. The van der Waals surface area contributed by atoms with Crippen LogP contribution in [0.15, 0.2) is 0 Å². The van der Waals surface area contributed by atoms with Crippen LogP contribution in [-0.4, -0.2) is 50.4 Å². The molecule has 1 fully saturated rings. The second-order valence-electron chi connectivity index (χ2n) is 4.32. The Kier molecular flexibility index (Phi) is 3.97. The summed E-state index contributed by atoms with van der Waals surface area (Å²) in [7, 11) is -2.73. The summed E-state index contributed by atoms with van der Waals surface area (Å²) in [4.78, 5) is 11.5. The van der Waals surface area contributed by atoms with E-state index in [0.717, 1.165) is 7.11 Å². The van der Waals surface area contributed by atoms with Crippen molar-refractivity contribution in [2.75, 3.05) is 18.6 Å². The summed E-state index contributed by atoms with van der Waals surface area (Å²) in [6, 6.07) is 0. The van der Waals surface area contributed by atoms with Gasteiger partial charge in [0.2, 0.25) is 0 Å². The Morgan fingerprint density at radius 1 is 1.50 bits per heavy atom. The summed E-state index contributed by atoms with van der Waals surface area (Å²) in [6.07, 6.45) is -8.80. The quantitative estimate of drug-likeness (QED) is 0.739. The van der Waals surface area contributed by atoms with E-state index in [1.165, 1.54) is 0 Å². The molecule has 1 rings (SSSR count). The summed E-state index contributed by atoms with van der Waals surface area (Å²) in [5.74, 6) is -2.67. The molecule has 1 saturated heterocycles. The van der Waals surface area contributed by atoms with Gasteiger partial charge in [-0.3, -0.25) is 4.79 Å². The fourth-order valence-corrected chi connectivity index (χ4v) is 3.71. The average molecular weight is 290 g/mol. The maximum Gasteiger partial charge on any atom is 0.390 e. The first-order valence-electron chi connectivity index (χ1n) is 5.06. The molecule has 1 aliphatic rings. The number of carbonyl (C=O) groups is 1. The largest absolute Gasteiger partial charge is 0.469 e. The first-order valence-corrected chi connectivity index (χ1v) is 6.88. The van der Waals surface area contributed by atoms with Gasteiger partial charge in [-0.05, 0) is 6.42 Å². The molecule has 0 radical (unpaired) electrons. The van der Waals surface area contributed by atoms with Crippen LogP contribution in [0.2, 0.25) is 0 Å². The number of alkyl halides is 3. The van der Waals surface area contributed by atoms with Gasteiger partial charge in [-0.2, -0.15) is 13.2 Å². The molecule has 1 N–H and O–H groups in total. The van der Waals surface area contributed by atoms with Crippen LogP contribution in [0.5, 0.6) is 0 Å². The maximum absolute atomic E-state index is 12.5. The van der Waals surface area contributed by atoms with Gasteiger partial charge in [-0.15, -0.1) is 0 Å². The standard InChI is InChI=1S/C9H13F3O5S/c1-17-7(14)8(5-9(10,11)12)2-3-18(15,16)4-6(8)13/h6,13H,2-5H2,1H3. The van der Waals surface area contributed by atoms with Crippen molar-refractivity contribution in [2.24, 2.45) is 5.41 Å². The number of ether oxygens (including phenoxy) is 1. The van der Waals surface area contributed by atoms with E-state index in [1.54, 1.807) is 0 Å². The second kappa shape index (κ2) is 4.69. The van der Waals surface area contributed by atoms with Gasteiger partial charge in [-0.1, -0.05) is 0 Å². The van der Waals surface area contributed by atoms with Gasteiger partial charge >= 0.3 is 12.1 Å². The zero-order valence-electron chi connectivity index (χ0n) is 9.53. The van der Waals surface area contributed by atoms with Crippen molar-refractivity contribution >= 4 is 15.8 Å². The number of halogens is 3. The number of aliphatic hydroxyl groups excluding tert-OH is 1. The Morgan fingerprint density at radius 2 is 2.06 bits per heavy atom. The molecule has 0 saturated carbocycles. The van der Waals surface area contributed by atoms with Gasteiger partial charge in [0.25, 0.3) is 0 Å². The van der Waals surface area contributed by atoms with E-state index in [-0.39, 0.29) is 0 Å². The Bertz CT molecular complexity index is 430. The summed E-state index contributed by atoms with van der Waals surface area (Å²) in [5.41, 5.74) is -2.22. The highest BCUT2D eigenvalue weighted by Gasteiger charge is 2.56. The molecule has 0 aromatic heterocycles. The maximum atomic E-state index is 12.5. The Balaban J connectivity index is 3.11. The van der Waals surface area contributed by atoms with Gasteiger partial charge in [0.15, 0.2) is 9.84 Å².